The van der Waals surface area contributed by atoms with Gasteiger partial charge in [0, 0.05) is 4.90 Å². The van der Waals surface area contributed by atoms with Crippen molar-refractivity contribution in [3.05, 3.63) is 53.6 Å². The van der Waals surface area contributed by atoms with Gasteiger partial charge >= 0.3 is 0 Å². The standard InChI is InChI=1S/C20H21F2NO3S/c1-12(2)20(13-3-6-17-18(9-13)26-8-7-25-17)23-19(24)11-27-14-4-5-15(21)16(22)10-14/h3-6,9-10,12,20H,7-8,11H2,1-2H3,(H,23,24)/t20-/m1/s1. The molecule has 0 saturated carbocycles. The highest BCUT2D eigenvalue weighted by Gasteiger charge is 2.21. The van der Waals surface area contributed by atoms with Crippen LogP contribution < -0.4 is 14.8 Å². The number of hydrogen-bond acceptors (Lipinski definition) is 4. The third-order valence-corrected chi connectivity index (χ3v) is 5.16. The van der Waals surface area contributed by atoms with E-state index in [0.717, 1.165) is 29.5 Å². The molecule has 0 aliphatic carbocycles. The molecule has 1 atom stereocenters. The predicted octanol–water partition coefficient (Wildman–Crippen LogP) is 4.34. The average molecular weight is 393 g/mol. The number of hydrogen-bond donors (Lipinski definition) is 1. The molecular weight excluding hydrogens is 372 g/mol. The lowest BCUT2D eigenvalue weighted by atomic mass is 9.95. The molecule has 1 N–H and O–H groups in total. The normalized spacial score (nSPS) is 14.1. The van der Waals surface area contributed by atoms with Crippen LogP contribution in [0.15, 0.2) is 41.3 Å². The number of amides is 1. The molecule has 0 spiro atoms. The van der Waals surface area contributed by atoms with Gasteiger partial charge in [0.15, 0.2) is 23.1 Å². The zero-order valence-electron chi connectivity index (χ0n) is 15.1. The van der Waals surface area contributed by atoms with Gasteiger partial charge in [-0.25, -0.2) is 8.78 Å². The van der Waals surface area contributed by atoms with Crippen LogP contribution in [0.3, 0.4) is 0 Å². The maximum absolute atomic E-state index is 13.3. The minimum Gasteiger partial charge on any atom is -0.486 e. The Morgan fingerprint density at radius 2 is 1.81 bits per heavy atom. The maximum atomic E-state index is 13.3. The van der Waals surface area contributed by atoms with Gasteiger partial charge in [-0.15, -0.1) is 11.8 Å². The second-order valence-electron chi connectivity index (χ2n) is 6.56. The van der Waals surface area contributed by atoms with Gasteiger partial charge in [-0.2, -0.15) is 0 Å². The largest absolute Gasteiger partial charge is 0.486 e. The predicted molar refractivity (Wildman–Crippen MR) is 100 cm³/mol. The molecule has 0 radical (unpaired) electrons. The highest BCUT2D eigenvalue weighted by molar-refractivity contribution is 8.00. The molecule has 7 heteroatoms. The van der Waals surface area contributed by atoms with Crippen molar-refractivity contribution >= 4 is 17.7 Å². The summed E-state index contributed by atoms with van der Waals surface area (Å²) in [5.41, 5.74) is 0.931. The van der Waals surface area contributed by atoms with Crippen LogP contribution in [0.2, 0.25) is 0 Å². The van der Waals surface area contributed by atoms with Crippen molar-refractivity contribution in [1.29, 1.82) is 0 Å². The van der Waals surface area contributed by atoms with Crippen molar-refractivity contribution in [2.75, 3.05) is 19.0 Å². The lowest BCUT2D eigenvalue weighted by Crippen LogP contribution is -2.33. The molecule has 1 amide bonds. The van der Waals surface area contributed by atoms with Crippen molar-refractivity contribution < 1.29 is 23.0 Å². The minimum atomic E-state index is -0.920. The Hall–Kier alpha value is -2.28. The number of fused-ring (bicyclic) bond motifs is 1. The van der Waals surface area contributed by atoms with Crippen LogP contribution in [-0.2, 0) is 4.79 Å². The van der Waals surface area contributed by atoms with Gasteiger partial charge in [-0.3, -0.25) is 4.79 Å². The second-order valence-corrected chi connectivity index (χ2v) is 7.61. The van der Waals surface area contributed by atoms with Gasteiger partial charge in [-0.05, 0) is 41.8 Å². The first-order chi connectivity index (χ1) is 12.9. The van der Waals surface area contributed by atoms with Crippen LogP contribution >= 0.6 is 11.8 Å². The van der Waals surface area contributed by atoms with Crippen LogP contribution in [0.4, 0.5) is 8.78 Å². The van der Waals surface area contributed by atoms with Gasteiger partial charge in [0.2, 0.25) is 5.91 Å². The zero-order valence-corrected chi connectivity index (χ0v) is 15.9. The van der Waals surface area contributed by atoms with Crippen molar-refractivity contribution in [3.8, 4) is 11.5 Å². The van der Waals surface area contributed by atoms with Crippen LogP contribution in [0.1, 0.15) is 25.5 Å². The molecule has 0 saturated heterocycles. The fourth-order valence-corrected chi connectivity index (χ4v) is 3.55. The first-order valence-corrected chi connectivity index (χ1v) is 9.69. The number of halogens is 2. The molecule has 2 aromatic carbocycles. The Morgan fingerprint density at radius 3 is 2.52 bits per heavy atom. The van der Waals surface area contributed by atoms with Crippen molar-refractivity contribution in [3.63, 3.8) is 0 Å². The number of thioether (sulfide) groups is 1. The summed E-state index contributed by atoms with van der Waals surface area (Å²) in [7, 11) is 0. The molecular formula is C20H21F2NO3S. The second kappa shape index (κ2) is 8.61. The number of rotatable bonds is 6. The number of ether oxygens (including phenoxy) is 2. The Balaban J connectivity index is 1.65. The van der Waals surface area contributed by atoms with E-state index in [-0.39, 0.29) is 23.6 Å². The smallest absolute Gasteiger partial charge is 0.230 e. The topological polar surface area (TPSA) is 47.6 Å². The summed E-state index contributed by atoms with van der Waals surface area (Å²) >= 11 is 1.16. The highest BCUT2D eigenvalue weighted by atomic mass is 32.2. The van der Waals surface area contributed by atoms with Crippen LogP contribution in [0.5, 0.6) is 11.5 Å². The molecule has 0 fully saturated rings. The zero-order chi connectivity index (χ0) is 19.4. The van der Waals surface area contributed by atoms with Crippen LogP contribution in [0.25, 0.3) is 0 Å². The number of nitrogens with one attached hydrogen (secondary N) is 1. The lowest BCUT2D eigenvalue weighted by molar-refractivity contribution is -0.119. The highest BCUT2D eigenvalue weighted by Crippen LogP contribution is 2.34. The molecule has 3 rings (SSSR count). The number of benzene rings is 2. The average Bonchev–Trinajstić information content (AvgIpc) is 2.66. The van der Waals surface area contributed by atoms with E-state index in [1.807, 2.05) is 32.0 Å². The van der Waals surface area contributed by atoms with Crippen LogP contribution in [-0.4, -0.2) is 24.9 Å². The fraction of sp³-hybridized carbons (Fsp3) is 0.350. The van der Waals surface area contributed by atoms with E-state index < -0.39 is 11.6 Å². The summed E-state index contributed by atoms with van der Waals surface area (Å²) in [6, 6.07) is 9.07. The SMILES string of the molecule is CC(C)[C@@H](NC(=O)CSc1ccc(F)c(F)c1)c1ccc2c(c1)OCCO2. The molecule has 0 bridgehead atoms. The van der Waals surface area contributed by atoms with E-state index in [1.54, 1.807) is 0 Å². The first-order valence-electron chi connectivity index (χ1n) is 8.71. The summed E-state index contributed by atoms with van der Waals surface area (Å²) in [4.78, 5) is 12.9. The van der Waals surface area contributed by atoms with Gasteiger partial charge in [-0.1, -0.05) is 19.9 Å². The summed E-state index contributed by atoms with van der Waals surface area (Å²) in [6.45, 7) is 5.06. The maximum Gasteiger partial charge on any atom is 0.230 e. The molecule has 2 aromatic rings. The van der Waals surface area contributed by atoms with Crippen LogP contribution in [0, 0.1) is 17.6 Å². The summed E-state index contributed by atoms with van der Waals surface area (Å²) < 4.78 is 37.4. The van der Waals surface area contributed by atoms with Crippen molar-refractivity contribution in [2.24, 2.45) is 5.92 Å². The molecule has 0 aromatic heterocycles. The fourth-order valence-electron chi connectivity index (χ4n) is 2.82. The lowest BCUT2D eigenvalue weighted by Gasteiger charge is -2.25. The van der Waals surface area contributed by atoms with Gasteiger partial charge in [0.25, 0.3) is 0 Å². The summed E-state index contributed by atoms with van der Waals surface area (Å²) in [5, 5.41) is 3.01. The quantitative estimate of drug-likeness (QED) is 0.742. The number of carbonyl (C=O) groups is 1. The Kier molecular flexibility index (Phi) is 6.21. The molecule has 1 heterocycles. The molecule has 1 aliphatic rings. The van der Waals surface area contributed by atoms with Crippen molar-refractivity contribution in [2.45, 2.75) is 24.8 Å². The monoisotopic (exact) mass is 393 g/mol. The van der Waals surface area contributed by atoms with Crippen molar-refractivity contribution in [1.82, 2.24) is 5.32 Å². The van der Waals surface area contributed by atoms with Gasteiger partial charge in [0.05, 0.1) is 11.8 Å². The molecule has 0 unspecified atom stereocenters. The van der Waals surface area contributed by atoms with E-state index in [4.69, 9.17) is 9.47 Å². The van der Waals surface area contributed by atoms with E-state index in [0.29, 0.717) is 29.6 Å². The molecule has 144 valence electrons. The molecule has 27 heavy (non-hydrogen) atoms. The summed E-state index contributed by atoms with van der Waals surface area (Å²) in [6.07, 6.45) is 0. The molecule has 1 aliphatic heterocycles. The summed E-state index contributed by atoms with van der Waals surface area (Å²) in [5.74, 6) is -0.358. The molecule has 4 nitrogen and oxygen atoms in total. The Morgan fingerprint density at radius 1 is 1.07 bits per heavy atom. The van der Waals surface area contributed by atoms with Gasteiger partial charge < -0.3 is 14.8 Å². The Bertz CT molecular complexity index is 829. The third kappa shape index (κ3) is 4.91. The minimum absolute atomic E-state index is 0.110. The van der Waals surface area contributed by atoms with E-state index in [1.165, 1.54) is 6.07 Å². The Labute approximate surface area is 161 Å². The van der Waals surface area contributed by atoms with Gasteiger partial charge in [0.1, 0.15) is 13.2 Å². The first kappa shape index (κ1) is 19.5. The van der Waals surface area contributed by atoms with E-state index >= 15 is 0 Å². The number of carbonyl (C=O) groups excluding carboxylic acids is 1. The van der Waals surface area contributed by atoms with E-state index in [2.05, 4.69) is 5.32 Å². The van der Waals surface area contributed by atoms with E-state index in [9.17, 15) is 13.6 Å². The third-order valence-electron chi connectivity index (χ3n) is 4.17.